The molecule has 4 rings (SSSR count). The van der Waals surface area contributed by atoms with Crippen molar-refractivity contribution >= 4 is 29.5 Å². The number of carbonyl (C=O) groups excluding carboxylic acids is 1. The van der Waals surface area contributed by atoms with Gasteiger partial charge in [-0.05, 0) is 49.0 Å². The van der Waals surface area contributed by atoms with Gasteiger partial charge in [0.2, 0.25) is 5.91 Å². The zero-order valence-corrected chi connectivity index (χ0v) is 16.9. The Hall–Kier alpha value is -2.25. The molecule has 140 valence electrons. The molecule has 1 fully saturated rings. The van der Waals surface area contributed by atoms with E-state index in [1.54, 1.807) is 11.3 Å². The molecule has 1 aliphatic rings. The first kappa shape index (κ1) is 18.1. The van der Waals surface area contributed by atoms with Crippen molar-refractivity contribution in [2.45, 2.75) is 38.8 Å². The topological polar surface area (TPSA) is 53.9 Å². The Morgan fingerprint density at radius 3 is 2.89 bits per heavy atom. The maximum atomic E-state index is 13.0. The van der Waals surface area contributed by atoms with Crippen molar-refractivity contribution in [3.63, 3.8) is 0 Å². The fraction of sp³-hybridized carbons (Fsp3) is 0.350. The summed E-state index contributed by atoms with van der Waals surface area (Å²) in [6.45, 7) is 3.45. The van der Waals surface area contributed by atoms with Crippen LogP contribution in [0.1, 0.15) is 36.4 Å². The Kier molecular flexibility index (Phi) is 5.22. The van der Waals surface area contributed by atoms with Crippen LogP contribution in [0.2, 0.25) is 0 Å². The van der Waals surface area contributed by atoms with E-state index in [0.29, 0.717) is 17.7 Å². The van der Waals surface area contributed by atoms with Crippen molar-refractivity contribution in [2.75, 3.05) is 6.54 Å². The molecule has 3 heterocycles. The van der Waals surface area contributed by atoms with Crippen LogP contribution in [0.15, 0.2) is 41.8 Å². The second kappa shape index (κ2) is 7.78. The predicted octanol–water partition coefficient (Wildman–Crippen LogP) is 4.73. The molecule has 1 aliphatic heterocycles. The van der Waals surface area contributed by atoms with Crippen molar-refractivity contribution in [2.24, 2.45) is 0 Å². The van der Waals surface area contributed by atoms with Gasteiger partial charge in [0, 0.05) is 19.5 Å². The van der Waals surface area contributed by atoms with E-state index in [-0.39, 0.29) is 11.9 Å². The summed E-state index contributed by atoms with van der Waals surface area (Å²) < 4.78 is 2.48. The molecule has 1 amide bonds. The quantitative estimate of drug-likeness (QED) is 0.632. The lowest BCUT2D eigenvalue weighted by Crippen LogP contribution is -2.31. The second-order valence-corrected chi connectivity index (χ2v) is 8.22. The van der Waals surface area contributed by atoms with Gasteiger partial charge in [0.25, 0.3) is 0 Å². The minimum atomic E-state index is 0.179. The van der Waals surface area contributed by atoms with Gasteiger partial charge in [-0.25, -0.2) is 0 Å². The summed E-state index contributed by atoms with van der Waals surface area (Å²) in [5.74, 6) is 0.984. The first-order chi connectivity index (χ1) is 13.1. The van der Waals surface area contributed by atoms with E-state index in [2.05, 4.69) is 41.4 Å². The lowest BCUT2D eigenvalue weighted by Gasteiger charge is -2.25. The number of H-pyrrole nitrogens is 1. The Labute approximate surface area is 167 Å². The molecule has 1 unspecified atom stereocenters. The molecule has 1 atom stereocenters. The van der Waals surface area contributed by atoms with E-state index in [1.807, 2.05) is 27.0 Å². The van der Waals surface area contributed by atoms with E-state index in [9.17, 15) is 4.79 Å². The monoisotopic (exact) mass is 398 g/mol. The first-order valence-corrected chi connectivity index (χ1v) is 10.5. The van der Waals surface area contributed by atoms with Gasteiger partial charge in [-0.15, -0.1) is 11.3 Å². The number of hydrogen-bond donors (Lipinski definition) is 1. The fourth-order valence-electron chi connectivity index (χ4n) is 3.67. The molecule has 0 saturated carbocycles. The number of aromatic nitrogens is 3. The highest BCUT2D eigenvalue weighted by Gasteiger charge is 2.29. The molecular weight excluding hydrogens is 376 g/mol. The average molecular weight is 399 g/mol. The van der Waals surface area contributed by atoms with Gasteiger partial charge in [-0.3, -0.25) is 14.5 Å². The number of nitrogens with one attached hydrogen (secondary N) is 1. The summed E-state index contributed by atoms with van der Waals surface area (Å²) in [6.07, 6.45) is 2.50. The summed E-state index contributed by atoms with van der Waals surface area (Å²) in [6, 6.07) is 12.7. The van der Waals surface area contributed by atoms with Gasteiger partial charge in [-0.2, -0.15) is 5.10 Å². The molecule has 7 heteroatoms. The average Bonchev–Trinajstić information content (AvgIpc) is 3.41. The summed E-state index contributed by atoms with van der Waals surface area (Å²) >= 11 is 6.99. The summed E-state index contributed by atoms with van der Waals surface area (Å²) in [5.41, 5.74) is 2.47. The molecular formula is C20H22N4OS2. The maximum absolute atomic E-state index is 13.0. The van der Waals surface area contributed by atoms with E-state index in [0.717, 1.165) is 30.1 Å². The smallest absolute Gasteiger partial charge is 0.224 e. The fourth-order valence-corrected chi connectivity index (χ4v) is 4.62. The minimum Gasteiger partial charge on any atom is -0.336 e. The summed E-state index contributed by atoms with van der Waals surface area (Å²) in [7, 11) is 0. The Balaban J connectivity index is 1.48. The van der Waals surface area contributed by atoms with Gasteiger partial charge in [0.15, 0.2) is 10.6 Å². The highest BCUT2D eigenvalue weighted by atomic mass is 32.1. The first-order valence-electron chi connectivity index (χ1n) is 9.18. The molecule has 1 aromatic carbocycles. The van der Waals surface area contributed by atoms with Gasteiger partial charge in [-0.1, -0.05) is 35.9 Å². The molecule has 1 N–H and O–H groups in total. The van der Waals surface area contributed by atoms with Crippen LogP contribution in [0.25, 0.3) is 10.7 Å². The molecule has 5 nitrogen and oxygen atoms in total. The standard InChI is InChI=1S/C20H22N4OS2/c1-14-6-8-15(9-7-14)16-4-2-11-23(16)18(25)10-12-24-19(21-22-20(24)26)17-5-3-13-27-17/h3,5-9,13,16H,2,4,10-12H2,1H3,(H,22,26). The van der Waals surface area contributed by atoms with Crippen molar-refractivity contribution < 1.29 is 4.79 Å². The highest BCUT2D eigenvalue weighted by Crippen LogP contribution is 2.32. The highest BCUT2D eigenvalue weighted by molar-refractivity contribution is 7.71. The lowest BCUT2D eigenvalue weighted by atomic mass is 10.0. The number of aromatic amines is 1. The molecule has 0 spiro atoms. The number of amides is 1. The number of benzene rings is 1. The number of thiophene rings is 1. The molecule has 0 bridgehead atoms. The molecule has 1 saturated heterocycles. The van der Waals surface area contributed by atoms with Gasteiger partial charge in [0.1, 0.15) is 0 Å². The number of carbonyl (C=O) groups is 1. The third kappa shape index (κ3) is 3.75. The van der Waals surface area contributed by atoms with Crippen LogP contribution < -0.4 is 0 Å². The number of hydrogen-bond acceptors (Lipinski definition) is 4. The molecule has 3 aromatic rings. The molecule has 0 radical (unpaired) electrons. The van der Waals surface area contributed by atoms with Crippen LogP contribution >= 0.6 is 23.6 Å². The predicted molar refractivity (Wildman–Crippen MR) is 110 cm³/mol. The third-order valence-electron chi connectivity index (χ3n) is 5.08. The zero-order valence-electron chi connectivity index (χ0n) is 15.2. The van der Waals surface area contributed by atoms with E-state index in [4.69, 9.17) is 12.2 Å². The third-order valence-corrected chi connectivity index (χ3v) is 6.26. The van der Waals surface area contributed by atoms with Crippen molar-refractivity contribution in [1.82, 2.24) is 19.7 Å². The van der Waals surface area contributed by atoms with Crippen LogP contribution in [0, 0.1) is 11.7 Å². The molecule has 27 heavy (non-hydrogen) atoms. The van der Waals surface area contributed by atoms with Crippen molar-refractivity contribution in [3.05, 3.63) is 57.7 Å². The van der Waals surface area contributed by atoms with Crippen LogP contribution in [0.3, 0.4) is 0 Å². The summed E-state index contributed by atoms with van der Waals surface area (Å²) in [5, 5.41) is 9.20. The molecule has 0 aliphatic carbocycles. The number of aryl methyl sites for hydroxylation is 1. The van der Waals surface area contributed by atoms with Crippen LogP contribution in [0.5, 0.6) is 0 Å². The number of likely N-dealkylation sites (tertiary alicyclic amines) is 1. The maximum Gasteiger partial charge on any atom is 0.224 e. The van der Waals surface area contributed by atoms with E-state index in [1.165, 1.54) is 11.1 Å². The Bertz CT molecular complexity index is 972. The van der Waals surface area contributed by atoms with Crippen molar-refractivity contribution in [3.8, 4) is 10.7 Å². The van der Waals surface area contributed by atoms with Gasteiger partial charge in [0.05, 0.1) is 10.9 Å². The largest absolute Gasteiger partial charge is 0.336 e. The number of nitrogens with zero attached hydrogens (tertiary/aromatic N) is 3. The zero-order chi connectivity index (χ0) is 18.8. The van der Waals surface area contributed by atoms with Gasteiger partial charge < -0.3 is 4.90 Å². The van der Waals surface area contributed by atoms with Gasteiger partial charge >= 0.3 is 0 Å². The normalized spacial score (nSPS) is 16.8. The summed E-state index contributed by atoms with van der Waals surface area (Å²) in [4.78, 5) is 16.0. The number of rotatable bonds is 5. The molecule has 2 aromatic heterocycles. The Morgan fingerprint density at radius 2 is 2.15 bits per heavy atom. The second-order valence-electron chi connectivity index (χ2n) is 6.89. The van der Waals surface area contributed by atoms with Crippen LogP contribution in [0.4, 0.5) is 0 Å². The van der Waals surface area contributed by atoms with E-state index < -0.39 is 0 Å². The SMILES string of the molecule is Cc1ccc(C2CCCN2C(=O)CCn2c(-c3cccs3)n[nH]c2=S)cc1. The Morgan fingerprint density at radius 1 is 1.33 bits per heavy atom. The minimum absolute atomic E-state index is 0.179. The van der Waals surface area contributed by atoms with Crippen LogP contribution in [-0.4, -0.2) is 32.1 Å². The van der Waals surface area contributed by atoms with Crippen LogP contribution in [-0.2, 0) is 11.3 Å². The van der Waals surface area contributed by atoms with E-state index >= 15 is 0 Å². The van der Waals surface area contributed by atoms with Crippen molar-refractivity contribution in [1.29, 1.82) is 0 Å². The lowest BCUT2D eigenvalue weighted by molar-refractivity contribution is -0.132.